The predicted octanol–water partition coefficient (Wildman–Crippen LogP) is 1.14. The van der Waals surface area contributed by atoms with Crippen LogP contribution in [0.15, 0.2) is 30.3 Å². The summed E-state index contributed by atoms with van der Waals surface area (Å²) in [7, 11) is 0. The molecule has 2 aromatic rings. The number of aromatic nitrogens is 2. The second-order valence-electron chi connectivity index (χ2n) is 4.65. The highest BCUT2D eigenvalue weighted by Gasteiger charge is 2.15. The number of rotatable bonds is 5. The average Bonchev–Trinajstić information content (AvgIpc) is 2.74. The smallest absolute Gasteiger partial charge is 0.224 e. The monoisotopic (exact) mass is 273 g/mol. The highest BCUT2D eigenvalue weighted by Crippen LogP contribution is 2.18. The lowest BCUT2D eigenvalue weighted by atomic mass is 10.1. The van der Waals surface area contributed by atoms with Gasteiger partial charge in [0.2, 0.25) is 5.91 Å². The van der Waals surface area contributed by atoms with E-state index < -0.39 is 0 Å². The standard InChI is InChI=1S/C15H19N3O2/c1-11-14(10-15(20)16-8-9-19)12(2)18(17-11)13-6-4-3-5-7-13/h3-7,19H,8-10H2,1-2H3,(H,16,20). The van der Waals surface area contributed by atoms with Crippen molar-refractivity contribution in [2.24, 2.45) is 0 Å². The van der Waals surface area contributed by atoms with Gasteiger partial charge < -0.3 is 10.4 Å². The molecule has 0 unspecified atom stereocenters. The second kappa shape index (κ2) is 6.34. The zero-order valence-corrected chi connectivity index (χ0v) is 11.8. The lowest BCUT2D eigenvalue weighted by molar-refractivity contribution is -0.120. The molecule has 2 N–H and O–H groups in total. The molecule has 0 fully saturated rings. The van der Waals surface area contributed by atoms with Crippen LogP contribution in [0.5, 0.6) is 0 Å². The summed E-state index contributed by atoms with van der Waals surface area (Å²) in [4.78, 5) is 11.8. The summed E-state index contributed by atoms with van der Waals surface area (Å²) < 4.78 is 1.85. The summed E-state index contributed by atoms with van der Waals surface area (Å²) in [5, 5.41) is 15.9. The SMILES string of the molecule is Cc1nn(-c2ccccc2)c(C)c1CC(=O)NCCO. The Labute approximate surface area is 118 Å². The predicted molar refractivity (Wildman–Crippen MR) is 76.8 cm³/mol. The molecule has 0 spiro atoms. The molecule has 1 heterocycles. The van der Waals surface area contributed by atoms with Crippen molar-refractivity contribution in [1.29, 1.82) is 0 Å². The Morgan fingerprint density at radius 2 is 2.00 bits per heavy atom. The van der Waals surface area contributed by atoms with Crippen LogP contribution in [0.25, 0.3) is 5.69 Å². The maximum absolute atomic E-state index is 11.8. The number of aryl methyl sites for hydroxylation is 1. The number of nitrogens with zero attached hydrogens (tertiary/aromatic N) is 2. The van der Waals surface area contributed by atoms with Gasteiger partial charge in [-0.1, -0.05) is 18.2 Å². The van der Waals surface area contributed by atoms with E-state index in [1.807, 2.05) is 48.9 Å². The maximum atomic E-state index is 11.8. The van der Waals surface area contributed by atoms with Crippen molar-refractivity contribution in [3.63, 3.8) is 0 Å². The fourth-order valence-electron chi connectivity index (χ4n) is 2.17. The number of carbonyl (C=O) groups is 1. The van der Waals surface area contributed by atoms with Crippen LogP contribution in [-0.4, -0.2) is 33.9 Å². The molecule has 5 heteroatoms. The lowest BCUT2D eigenvalue weighted by Crippen LogP contribution is -2.28. The summed E-state index contributed by atoms with van der Waals surface area (Å²) >= 11 is 0. The Hall–Kier alpha value is -2.14. The molecule has 20 heavy (non-hydrogen) atoms. The van der Waals surface area contributed by atoms with Crippen molar-refractivity contribution >= 4 is 5.91 Å². The van der Waals surface area contributed by atoms with Gasteiger partial charge in [-0.3, -0.25) is 4.79 Å². The first-order valence-electron chi connectivity index (χ1n) is 6.61. The molecule has 0 aliphatic heterocycles. The van der Waals surface area contributed by atoms with Gasteiger partial charge in [-0.15, -0.1) is 0 Å². The van der Waals surface area contributed by atoms with E-state index in [0.29, 0.717) is 0 Å². The van der Waals surface area contributed by atoms with Crippen molar-refractivity contribution in [1.82, 2.24) is 15.1 Å². The largest absolute Gasteiger partial charge is 0.395 e. The first-order valence-corrected chi connectivity index (χ1v) is 6.61. The first-order chi connectivity index (χ1) is 9.63. The normalized spacial score (nSPS) is 10.6. The first kappa shape index (κ1) is 14.3. The molecule has 0 aliphatic carbocycles. The zero-order chi connectivity index (χ0) is 14.5. The molecule has 0 bridgehead atoms. The van der Waals surface area contributed by atoms with Gasteiger partial charge in [0.15, 0.2) is 0 Å². The van der Waals surface area contributed by atoms with E-state index in [9.17, 15) is 4.79 Å². The fourth-order valence-corrected chi connectivity index (χ4v) is 2.17. The van der Waals surface area contributed by atoms with Gasteiger partial charge in [-0.2, -0.15) is 5.10 Å². The van der Waals surface area contributed by atoms with Crippen molar-refractivity contribution in [2.45, 2.75) is 20.3 Å². The van der Waals surface area contributed by atoms with Gasteiger partial charge in [-0.25, -0.2) is 4.68 Å². The summed E-state index contributed by atoms with van der Waals surface area (Å²) in [6.07, 6.45) is 0.282. The van der Waals surface area contributed by atoms with Gasteiger partial charge in [-0.05, 0) is 26.0 Å². The Kier molecular flexibility index (Phi) is 4.53. The highest BCUT2D eigenvalue weighted by molar-refractivity contribution is 5.79. The number of aliphatic hydroxyl groups is 1. The van der Waals surface area contributed by atoms with Gasteiger partial charge in [0, 0.05) is 17.8 Å². The summed E-state index contributed by atoms with van der Waals surface area (Å²) in [6.45, 7) is 4.10. The fraction of sp³-hybridized carbons (Fsp3) is 0.333. The Balaban J connectivity index is 2.23. The molecular weight excluding hydrogens is 254 g/mol. The Bertz CT molecular complexity index is 591. The molecular formula is C15H19N3O2. The molecule has 0 atom stereocenters. The van der Waals surface area contributed by atoms with E-state index in [1.54, 1.807) is 0 Å². The molecule has 1 amide bonds. The van der Waals surface area contributed by atoms with Gasteiger partial charge in [0.05, 0.1) is 24.4 Å². The zero-order valence-electron chi connectivity index (χ0n) is 11.8. The third-order valence-corrected chi connectivity index (χ3v) is 3.21. The van der Waals surface area contributed by atoms with Crippen LogP contribution in [0, 0.1) is 13.8 Å². The van der Waals surface area contributed by atoms with Gasteiger partial charge in [0.1, 0.15) is 0 Å². The molecule has 0 radical (unpaired) electrons. The number of amides is 1. The van der Waals surface area contributed by atoms with E-state index in [4.69, 9.17) is 5.11 Å². The quantitative estimate of drug-likeness (QED) is 0.858. The second-order valence-corrected chi connectivity index (χ2v) is 4.65. The number of nitrogens with one attached hydrogen (secondary N) is 1. The minimum atomic E-state index is -0.0992. The van der Waals surface area contributed by atoms with Gasteiger partial charge >= 0.3 is 0 Å². The summed E-state index contributed by atoms with van der Waals surface area (Å²) in [5.41, 5.74) is 3.73. The van der Waals surface area contributed by atoms with Crippen molar-refractivity contribution in [3.8, 4) is 5.69 Å². The minimum absolute atomic E-state index is 0.0486. The molecule has 106 valence electrons. The van der Waals surface area contributed by atoms with E-state index in [0.717, 1.165) is 22.6 Å². The molecule has 0 saturated heterocycles. The molecule has 1 aromatic heterocycles. The number of hydrogen-bond donors (Lipinski definition) is 2. The van der Waals surface area contributed by atoms with Crippen LogP contribution in [0.4, 0.5) is 0 Å². The third kappa shape index (κ3) is 3.05. The van der Waals surface area contributed by atoms with E-state index in [-0.39, 0.29) is 25.5 Å². The number of carbonyl (C=O) groups excluding carboxylic acids is 1. The van der Waals surface area contributed by atoms with Crippen LogP contribution in [0.3, 0.4) is 0 Å². The van der Waals surface area contributed by atoms with Crippen molar-refractivity contribution in [2.75, 3.05) is 13.2 Å². The van der Waals surface area contributed by atoms with E-state index >= 15 is 0 Å². The van der Waals surface area contributed by atoms with Crippen LogP contribution < -0.4 is 5.32 Å². The van der Waals surface area contributed by atoms with Crippen molar-refractivity contribution < 1.29 is 9.90 Å². The van der Waals surface area contributed by atoms with Gasteiger partial charge in [0.25, 0.3) is 0 Å². The minimum Gasteiger partial charge on any atom is -0.395 e. The molecule has 0 saturated carbocycles. The topological polar surface area (TPSA) is 67.2 Å². The molecule has 1 aromatic carbocycles. The molecule has 2 rings (SSSR count). The van der Waals surface area contributed by atoms with Crippen LogP contribution in [0.2, 0.25) is 0 Å². The number of para-hydroxylation sites is 1. The molecule has 0 aliphatic rings. The lowest BCUT2D eigenvalue weighted by Gasteiger charge is -2.06. The Morgan fingerprint density at radius 3 is 2.65 bits per heavy atom. The number of aliphatic hydroxyl groups excluding tert-OH is 1. The van der Waals surface area contributed by atoms with E-state index in [1.165, 1.54) is 0 Å². The maximum Gasteiger partial charge on any atom is 0.224 e. The van der Waals surface area contributed by atoms with Crippen molar-refractivity contribution in [3.05, 3.63) is 47.3 Å². The average molecular weight is 273 g/mol. The summed E-state index contributed by atoms with van der Waals surface area (Å²) in [6, 6.07) is 9.83. The number of benzene rings is 1. The molecule has 5 nitrogen and oxygen atoms in total. The third-order valence-electron chi connectivity index (χ3n) is 3.21. The van der Waals surface area contributed by atoms with Crippen LogP contribution in [0.1, 0.15) is 17.0 Å². The number of hydrogen-bond acceptors (Lipinski definition) is 3. The van der Waals surface area contributed by atoms with Crippen LogP contribution in [-0.2, 0) is 11.2 Å². The summed E-state index contributed by atoms with van der Waals surface area (Å²) in [5.74, 6) is -0.0992. The van der Waals surface area contributed by atoms with E-state index in [2.05, 4.69) is 10.4 Å². The Morgan fingerprint density at radius 1 is 1.30 bits per heavy atom. The van der Waals surface area contributed by atoms with Crippen LogP contribution >= 0.6 is 0 Å². The highest BCUT2D eigenvalue weighted by atomic mass is 16.3.